The number of carboxylic acid groups (broad SMARTS) is 1. The molecule has 12 nitrogen and oxygen atoms in total. The van der Waals surface area contributed by atoms with Crippen LogP contribution in [-0.4, -0.2) is 60.3 Å². The fourth-order valence-electron chi connectivity index (χ4n) is 5.65. The van der Waals surface area contributed by atoms with E-state index in [0.29, 0.717) is 11.5 Å². The lowest BCUT2D eigenvalue weighted by atomic mass is 9.70. The zero-order valence-corrected chi connectivity index (χ0v) is 21.7. The summed E-state index contributed by atoms with van der Waals surface area (Å²) in [6.45, 7) is 6.04. The fourth-order valence-corrected chi connectivity index (χ4v) is 5.65. The van der Waals surface area contributed by atoms with E-state index >= 15 is 0 Å². The third-order valence-corrected chi connectivity index (χ3v) is 7.60. The van der Waals surface area contributed by atoms with Crippen LogP contribution in [0, 0.1) is 28.1 Å². The number of urea groups is 1. The molecule has 38 heavy (non-hydrogen) atoms. The van der Waals surface area contributed by atoms with Crippen LogP contribution >= 0.6 is 0 Å². The molecule has 3 amide bonds. The van der Waals surface area contributed by atoms with Crippen LogP contribution in [0.25, 0.3) is 0 Å². The number of aliphatic carboxylic acids is 1. The third-order valence-electron chi connectivity index (χ3n) is 7.60. The highest BCUT2D eigenvalue weighted by Gasteiger charge is 2.61. The number of amides is 3. The number of carboxylic acids is 1. The molecule has 5 unspecified atom stereocenters. The number of nitriles is 1. The molecule has 2 saturated carbocycles. The van der Waals surface area contributed by atoms with E-state index in [1.165, 1.54) is 24.3 Å². The van der Waals surface area contributed by atoms with Crippen molar-refractivity contribution < 1.29 is 38.6 Å². The number of rotatable bonds is 9. The summed E-state index contributed by atoms with van der Waals surface area (Å²) >= 11 is 0. The average Bonchev–Trinajstić information content (AvgIpc) is 3.35. The number of ether oxygens (including phenoxy) is 2. The van der Waals surface area contributed by atoms with E-state index in [0.717, 1.165) is 26.4 Å². The standard InChI is InChI=1S/C26H32N4O8/c1-25(2)15-9-10-26(3,12-15)23(25)38-22(35)19(21(34)37-4)30-20(33)17(11-18(31)32)29-24(36)28-16-7-5-14(13-27)6-8-16/h5-8,15,17,19,23H,9-12H2,1-4H3,(H,30,33)(H,31,32)(H2,28,29,36). The Hall–Kier alpha value is -4.14. The van der Waals surface area contributed by atoms with Crippen molar-refractivity contribution in [3.05, 3.63) is 29.8 Å². The number of anilines is 1. The minimum absolute atomic E-state index is 0.258. The molecule has 2 bridgehead atoms. The first-order chi connectivity index (χ1) is 17.8. The van der Waals surface area contributed by atoms with E-state index in [1.807, 2.05) is 26.8 Å². The number of nitrogens with one attached hydrogen (secondary N) is 3. The summed E-state index contributed by atoms with van der Waals surface area (Å²) < 4.78 is 10.5. The first-order valence-corrected chi connectivity index (χ1v) is 12.2. The monoisotopic (exact) mass is 528 g/mol. The van der Waals surface area contributed by atoms with Crippen molar-refractivity contribution in [2.24, 2.45) is 16.7 Å². The Kier molecular flexibility index (Phi) is 8.29. The first-order valence-electron chi connectivity index (χ1n) is 12.2. The van der Waals surface area contributed by atoms with Crippen molar-refractivity contribution in [2.75, 3.05) is 12.4 Å². The van der Waals surface area contributed by atoms with Gasteiger partial charge in [-0.05, 0) is 49.4 Å². The predicted molar refractivity (Wildman–Crippen MR) is 132 cm³/mol. The number of nitrogens with zero attached hydrogens (tertiary/aromatic N) is 1. The van der Waals surface area contributed by atoms with Crippen LogP contribution in [0.5, 0.6) is 0 Å². The Labute approximate surface area is 220 Å². The van der Waals surface area contributed by atoms with E-state index in [-0.39, 0.29) is 16.5 Å². The van der Waals surface area contributed by atoms with Gasteiger partial charge in [-0.15, -0.1) is 0 Å². The molecule has 0 heterocycles. The van der Waals surface area contributed by atoms with Crippen molar-refractivity contribution >= 4 is 35.5 Å². The fraction of sp³-hybridized carbons (Fsp3) is 0.538. The van der Waals surface area contributed by atoms with E-state index in [4.69, 9.17) is 10.00 Å². The number of carbonyl (C=O) groups is 5. The minimum atomic E-state index is -1.86. The zero-order chi connectivity index (χ0) is 28.3. The van der Waals surface area contributed by atoms with Gasteiger partial charge in [0.05, 0.1) is 25.2 Å². The summed E-state index contributed by atoms with van der Waals surface area (Å²) in [7, 11) is 1.04. The van der Waals surface area contributed by atoms with Crippen LogP contribution in [0.4, 0.5) is 10.5 Å². The smallest absolute Gasteiger partial charge is 0.340 e. The normalized spacial score (nSPS) is 24.3. The van der Waals surface area contributed by atoms with E-state index in [9.17, 15) is 29.1 Å². The number of carbonyl (C=O) groups excluding carboxylic acids is 4. The molecular weight excluding hydrogens is 496 g/mol. The molecule has 1 aromatic rings. The van der Waals surface area contributed by atoms with E-state index in [1.54, 1.807) is 0 Å². The predicted octanol–water partition coefficient (Wildman–Crippen LogP) is 1.94. The number of esters is 2. The van der Waals surface area contributed by atoms with Gasteiger partial charge in [0.2, 0.25) is 11.9 Å². The number of fused-ring (bicyclic) bond motifs is 2. The van der Waals surface area contributed by atoms with Gasteiger partial charge >= 0.3 is 23.9 Å². The molecule has 4 N–H and O–H groups in total. The summed E-state index contributed by atoms with van der Waals surface area (Å²) in [6, 6.07) is 3.35. The van der Waals surface area contributed by atoms with Crippen molar-refractivity contribution in [3.63, 3.8) is 0 Å². The highest BCUT2D eigenvalue weighted by atomic mass is 16.6. The summed E-state index contributed by atoms with van der Waals surface area (Å²) in [4.78, 5) is 62.4. The molecular formula is C26H32N4O8. The number of benzene rings is 1. The van der Waals surface area contributed by atoms with Gasteiger partial charge in [-0.1, -0.05) is 20.8 Å². The van der Waals surface area contributed by atoms with Gasteiger partial charge in [0.1, 0.15) is 12.1 Å². The zero-order valence-electron chi connectivity index (χ0n) is 21.7. The lowest BCUT2D eigenvalue weighted by Gasteiger charge is -2.42. The van der Waals surface area contributed by atoms with E-state index < -0.39 is 54.5 Å². The third kappa shape index (κ3) is 6.04. The molecule has 204 valence electrons. The Balaban J connectivity index is 1.71. The molecule has 0 spiro atoms. The van der Waals surface area contributed by atoms with Crippen molar-refractivity contribution in [1.82, 2.24) is 10.6 Å². The second kappa shape index (κ2) is 11.1. The van der Waals surface area contributed by atoms with Gasteiger partial charge < -0.3 is 30.5 Å². The highest BCUT2D eigenvalue weighted by Crippen LogP contribution is 2.63. The summed E-state index contributed by atoms with van der Waals surface area (Å²) in [5.74, 6) is -4.25. The van der Waals surface area contributed by atoms with Crippen LogP contribution in [0.3, 0.4) is 0 Å². The van der Waals surface area contributed by atoms with Crippen molar-refractivity contribution in [2.45, 2.75) is 64.6 Å². The van der Waals surface area contributed by atoms with Gasteiger partial charge in [-0.3, -0.25) is 9.59 Å². The van der Waals surface area contributed by atoms with Crippen molar-refractivity contribution in [3.8, 4) is 6.07 Å². The average molecular weight is 529 g/mol. The summed E-state index contributed by atoms with van der Waals surface area (Å²) in [5, 5.41) is 25.0. The number of hydrogen-bond acceptors (Lipinski definition) is 8. The van der Waals surface area contributed by atoms with Gasteiger partial charge in [-0.25, -0.2) is 14.4 Å². The van der Waals surface area contributed by atoms with Crippen LogP contribution in [0.15, 0.2) is 24.3 Å². The van der Waals surface area contributed by atoms with Crippen LogP contribution < -0.4 is 16.0 Å². The number of hydrogen-bond donors (Lipinski definition) is 4. The second-order valence-corrected chi connectivity index (χ2v) is 10.6. The topological polar surface area (TPSA) is 184 Å². The second-order valence-electron chi connectivity index (χ2n) is 10.6. The molecule has 0 aliphatic heterocycles. The molecule has 0 saturated heterocycles. The molecule has 0 radical (unpaired) electrons. The minimum Gasteiger partial charge on any atom is -0.481 e. The molecule has 2 fully saturated rings. The van der Waals surface area contributed by atoms with Gasteiger partial charge in [-0.2, -0.15) is 5.26 Å². The Bertz CT molecular complexity index is 1150. The molecule has 3 rings (SSSR count). The Morgan fingerprint density at radius 3 is 2.29 bits per heavy atom. The largest absolute Gasteiger partial charge is 0.481 e. The summed E-state index contributed by atoms with van der Waals surface area (Å²) in [5.41, 5.74) is 0.0620. The lowest BCUT2D eigenvalue weighted by Crippen LogP contribution is -2.57. The maximum absolute atomic E-state index is 13.1. The Morgan fingerprint density at radius 2 is 1.76 bits per heavy atom. The first kappa shape index (κ1) is 28.4. The number of methoxy groups -OCH3 is 1. The lowest BCUT2D eigenvalue weighted by molar-refractivity contribution is -0.173. The highest BCUT2D eigenvalue weighted by molar-refractivity contribution is 6.04. The molecule has 1 aromatic carbocycles. The summed E-state index contributed by atoms with van der Waals surface area (Å²) in [6.07, 6.45) is 1.45. The van der Waals surface area contributed by atoms with Gasteiger partial charge in [0.15, 0.2) is 0 Å². The van der Waals surface area contributed by atoms with Crippen LogP contribution in [0.1, 0.15) is 52.0 Å². The molecule has 2 aliphatic carbocycles. The SMILES string of the molecule is COC(=O)C(NC(=O)C(CC(=O)O)NC(=O)Nc1ccc(C#N)cc1)C(=O)OC1C2(C)CCC(C2)C1(C)C. The van der Waals surface area contributed by atoms with Crippen molar-refractivity contribution in [1.29, 1.82) is 5.26 Å². The quantitative estimate of drug-likeness (QED) is 0.275. The van der Waals surface area contributed by atoms with E-state index in [2.05, 4.69) is 20.7 Å². The molecule has 12 heteroatoms. The molecule has 0 aromatic heterocycles. The van der Waals surface area contributed by atoms with Gasteiger partial charge in [0, 0.05) is 16.5 Å². The van der Waals surface area contributed by atoms with Gasteiger partial charge in [0.25, 0.3) is 0 Å². The maximum Gasteiger partial charge on any atom is 0.340 e. The van der Waals surface area contributed by atoms with Crippen LogP contribution in [0.2, 0.25) is 0 Å². The Morgan fingerprint density at radius 1 is 1.11 bits per heavy atom. The molecule has 2 aliphatic rings. The molecule has 5 atom stereocenters. The van der Waals surface area contributed by atoms with Crippen LogP contribution in [-0.2, 0) is 28.7 Å². The maximum atomic E-state index is 13.1.